The molecule has 0 radical (unpaired) electrons. The zero-order valence-electron chi connectivity index (χ0n) is 15.0. The SMILES string of the molecule is CC(C)(C)C1CCC(O)C(N2CCN(C(C)(C)C)CC2)C1. The Hall–Kier alpha value is -0.120. The zero-order chi connectivity index (χ0) is 15.8. The molecule has 1 heterocycles. The summed E-state index contributed by atoms with van der Waals surface area (Å²) in [6.45, 7) is 18.4. The van der Waals surface area contributed by atoms with Crippen molar-refractivity contribution in [1.29, 1.82) is 0 Å². The summed E-state index contributed by atoms with van der Waals surface area (Å²) in [6, 6.07) is 0.380. The molecule has 2 aliphatic rings. The average Bonchev–Trinajstić information content (AvgIpc) is 2.37. The van der Waals surface area contributed by atoms with Crippen molar-refractivity contribution in [3.8, 4) is 0 Å². The summed E-state index contributed by atoms with van der Waals surface area (Å²) in [5, 5.41) is 10.5. The van der Waals surface area contributed by atoms with Crippen molar-refractivity contribution in [2.45, 2.75) is 78.5 Å². The van der Waals surface area contributed by atoms with Crippen LogP contribution in [-0.2, 0) is 0 Å². The maximum Gasteiger partial charge on any atom is 0.0695 e. The van der Waals surface area contributed by atoms with Crippen molar-refractivity contribution in [2.24, 2.45) is 11.3 Å². The Morgan fingerprint density at radius 2 is 1.43 bits per heavy atom. The van der Waals surface area contributed by atoms with E-state index >= 15 is 0 Å². The van der Waals surface area contributed by atoms with Crippen LogP contribution in [-0.4, -0.2) is 58.8 Å². The van der Waals surface area contributed by atoms with Crippen LogP contribution in [0.4, 0.5) is 0 Å². The summed E-state index contributed by atoms with van der Waals surface area (Å²) < 4.78 is 0. The first-order valence-electron chi connectivity index (χ1n) is 8.76. The van der Waals surface area contributed by atoms with Crippen molar-refractivity contribution in [1.82, 2.24) is 9.80 Å². The zero-order valence-corrected chi connectivity index (χ0v) is 15.0. The lowest BCUT2D eigenvalue weighted by Gasteiger charge is -2.49. The van der Waals surface area contributed by atoms with Gasteiger partial charge >= 0.3 is 0 Å². The number of aliphatic hydroxyl groups excluding tert-OH is 1. The van der Waals surface area contributed by atoms with E-state index in [2.05, 4.69) is 51.3 Å². The van der Waals surface area contributed by atoms with E-state index in [0.717, 1.165) is 38.5 Å². The van der Waals surface area contributed by atoms with E-state index < -0.39 is 0 Å². The predicted molar refractivity (Wildman–Crippen MR) is 89.5 cm³/mol. The number of rotatable bonds is 1. The van der Waals surface area contributed by atoms with Crippen LogP contribution in [0.1, 0.15) is 60.8 Å². The van der Waals surface area contributed by atoms with E-state index in [0.29, 0.717) is 11.5 Å². The van der Waals surface area contributed by atoms with Gasteiger partial charge in [-0.2, -0.15) is 0 Å². The minimum Gasteiger partial charge on any atom is -0.391 e. The molecule has 1 N–H and O–H groups in total. The van der Waals surface area contributed by atoms with Crippen LogP contribution in [0, 0.1) is 11.3 Å². The molecule has 1 saturated heterocycles. The second-order valence-electron chi connectivity index (χ2n) is 9.20. The van der Waals surface area contributed by atoms with Crippen LogP contribution < -0.4 is 0 Å². The smallest absolute Gasteiger partial charge is 0.0695 e. The molecule has 1 aliphatic carbocycles. The van der Waals surface area contributed by atoms with E-state index in [-0.39, 0.29) is 11.6 Å². The Bertz CT molecular complexity index is 334. The first kappa shape index (κ1) is 17.2. The standard InChI is InChI=1S/C18H36N2O/c1-17(2,3)14-7-8-16(21)15(13-14)19-9-11-20(12-10-19)18(4,5)6/h14-16,21H,7-13H2,1-6H3. The van der Waals surface area contributed by atoms with Crippen molar-refractivity contribution in [3.05, 3.63) is 0 Å². The van der Waals surface area contributed by atoms with E-state index in [1.807, 2.05) is 0 Å². The number of nitrogens with zero attached hydrogens (tertiary/aromatic N) is 2. The van der Waals surface area contributed by atoms with Crippen molar-refractivity contribution in [3.63, 3.8) is 0 Å². The summed E-state index contributed by atoms with van der Waals surface area (Å²) in [5.41, 5.74) is 0.636. The average molecular weight is 296 g/mol. The van der Waals surface area contributed by atoms with Crippen LogP contribution in [0.15, 0.2) is 0 Å². The van der Waals surface area contributed by atoms with Crippen LogP contribution >= 0.6 is 0 Å². The Labute approximate surface area is 131 Å². The summed E-state index contributed by atoms with van der Waals surface area (Å²) in [4.78, 5) is 5.13. The van der Waals surface area contributed by atoms with Gasteiger partial charge in [0, 0.05) is 37.8 Å². The third-order valence-corrected chi connectivity index (χ3v) is 5.74. The van der Waals surface area contributed by atoms with Crippen LogP contribution in [0.5, 0.6) is 0 Å². The minimum absolute atomic E-state index is 0.121. The van der Waals surface area contributed by atoms with Gasteiger partial charge in [0.25, 0.3) is 0 Å². The Kier molecular flexibility index (Phi) is 5.07. The minimum atomic E-state index is -0.121. The van der Waals surface area contributed by atoms with Gasteiger partial charge in [0.15, 0.2) is 0 Å². The maximum absolute atomic E-state index is 10.5. The highest BCUT2D eigenvalue weighted by Crippen LogP contribution is 2.39. The van der Waals surface area contributed by atoms with Gasteiger partial charge in [-0.15, -0.1) is 0 Å². The van der Waals surface area contributed by atoms with Gasteiger partial charge in [0.2, 0.25) is 0 Å². The van der Waals surface area contributed by atoms with Gasteiger partial charge in [-0.05, 0) is 51.4 Å². The second kappa shape index (κ2) is 6.17. The number of hydrogen-bond donors (Lipinski definition) is 1. The molecule has 1 saturated carbocycles. The molecule has 2 rings (SSSR count). The topological polar surface area (TPSA) is 26.7 Å². The molecule has 0 aromatic heterocycles. The third-order valence-electron chi connectivity index (χ3n) is 5.74. The second-order valence-corrected chi connectivity index (χ2v) is 9.20. The lowest BCUT2D eigenvalue weighted by Crippen LogP contribution is -2.59. The van der Waals surface area contributed by atoms with Gasteiger partial charge in [-0.25, -0.2) is 0 Å². The number of aliphatic hydroxyl groups is 1. The molecule has 2 fully saturated rings. The van der Waals surface area contributed by atoms with Gasteiger partial charge in [0.1, 0.15) is 0 Å². The van der Waals surface area contributed by atoms with Crippen molar-refractivity contribution < 1.29 is 5.11 Å². The highest BCUT2D eigenvalue weighted by molar-refractivity contribution is 4.93. The predicted octanol–water partition coefficient (Wildman–Crippen LogP) is 2.98. The summed E-state index contributed by atoms with van der Waals surface area (Å²) in [5.74, 6) is 0.742. The van der Waals surface area contributed by atoms with Gasteiger partial charge in [-0.3, -0.25) is 9.80 Å². The monoisotopic (exact) mass is 296 g/mol. The summed E-state index contributed by atoms with van der Waals surface area (Å²) in [7, 11) is 0. The molecule has 21 heavy (non-hydrogen) atoms. The highest BCUT2D eigenvalue weighted by Gasteiger charge is 2.39. The largest absolute Gasteiger partial charge is 0.391 e. The lowest BCUT2D eigenvalue weighted by molar-refractivity contribution is -0.0429. The maximum atomic E-state index is 10.5. The number of piperazine rings is 1. The molecule has 0 amide bonds. The molecule has 0 bridgehead atoms. The number of hydrogen-bond acceptors (Lipinski definition) is 3. The fourth-order valence-corrected chi connectivity index (χ4v) is 4.03. The van der Waals surface area contributed by atoms with Gasteiger partial charge in [0.05, 0.1) is 6.10 Å². The third kappa shape index (κ3) is 4.20. The van der Waals surface area contributed by atoms with Crippen LogP contribution in [0.2, 0.25) is 0 Å². The highest BCUT2D eigenvalue weighted by atomic mass is 16.3. The van der Waals surface area contributed by atoms with Gasteiger partial charge < -0.3 is 5.11 Å². The van der Waals surface area contributed by atoms with Gasteiger partial charge in [-0.1, -0.05) is 20.8 Å². The molecule has 0 spiro atoms. The molecule has 3 nitrogen and oxygen atoms in total. The Balaban J connectivity index is 1.95. The molecular weight excluding hydrogens is 260 g/mol. The first-order chi connectivity index (χ1) is 9.59. The van der Waals surface area contributed by atoms with E-state index in [4.69, 9.17) is 0 Å². The van der Waals surface area contributed by atoms with Crippen molar-refractivity contribution >= 4 is 0 Å². The molecule has 0 aromatic carbocycles. The van der Waals surface area contributed by atoms with E-state index in [9.17, 15) is 5.11 Å². The summed E-state index contributed by atoms with van der Waals surface area (Å²) in [6.07, 6.45) is 3.21. The summed E-state index contributed by atoms with van der Waals surface area (Å²) >= 11 is 0. The fourth-order valence-electron chi connectivity index (χ4n) is 4.03. The quantitative estimate of drug-likeness (QED) is 0.806. The van der Waals surface area contributed by atoms with Crippen LogP contribution in [0.25, 0.3) is 0 Å². The molecular formula is C18H36N2O. The molecule has 3 heteroatoms. The fraction of sp³-hybridized carbons (Fsp3) is 1.00. The Morgan fingerprint density at radius 1 is 0.857 bits per heavy atom. The van der Waals surface area contributed by atoms with Crippen LogP contribution in [0.3, 0.4) is 0 Å². The molecule has 3 atom stereocenters. The molecule has 1 aliphatic heterocycles. The lowest BCUT2D eigenvalue weighted by atomic mass is 9.70. The molecule has 0 aromatic rings. The van der Waals surface area contributed by atoms with E-state index in [1.165, 1.54) is 12.8 Å². The first-order valence-corrected chi connectivity index (χ1v) is 8.76. The van der Waals surface area contributed by atoms with E-state index in [1.54, 1.807) is 0 Å². The molecule has 124 valence electrons. The normalized spacial score (nSPS) is 34.1. The van der Waals surface area contributed by atoms with Crippen molar-refractivity contribution in [2.75, 3.05) is 26.2 Å². The Morgan fingerprint density at radius 3 is 1.90 bits per heavy atom. The molecule has 3 unspecified atom stereocenters.